The van der Waals surface area contributed by atoms with E-state index >= 15 is 0 Å². The molecule has 0 spiro atoms. The zero-order valence-corrected chi connectivity index (χ0v) is 17.9. The Hall–Kier alpha value is -0.630. The first-order chi connectivity index (χ1) is 11.6. The van der Waals surface area contributed by atoms with E-state index in [2.05, 4.69) is 12.6 Å². The number of hydrogen-bond acceptors (Lipinski definition) is 6. The van der Waals surface area contributed by atoms with Crippen LogP contribution in [0, 0.1) is 0 Å². The van der Waals surface area contributed by atoms with Crippen LogP contribution in [-0.2, 0) is 23.8 Å². The maximum absolute atomic E-state index is 11.3. The molecule has 0 bridgehead atoms. The van der Waals surface area contributed by atoms with Gasteiger partial charge in [0.1, 0.15) is 13.2 Å². The highest BCUT2D eigenvalue weighted by Gasteiger charge is 2.19. The third-order valence-corrected chi connectivity index (χ3v) is 2.78. The Morgan fingerprint density at radius 2 is 1.72 bits per heavy atom. The van der Waals surface area contributed by atoms with Crippen LogP contribution in [-0.4, -0.2) is 54.3 Å². The van der Waals surface area contributed by atoms with Crippen LogP contribution < -0.4 is 0 Å². The number of ether oxygens (including phenoxy) is 3. The summed E-state index contributed by atoms with van der Waals surface area (Å²) >= 11 is 3.54. The normalized spacial score (nSPS) is 10.3. The average Bonchev–Trinajstić information content (AvgIpc) is 2.52. The Morgan fingerprint density at radius 3 is 2.08 bits per heavy atom. The zero-order valence-electron chi connectivity index (χ0n) is 17.0. The first kappa shape index (κ1) is 29.1. The fourth-order valence-electron chi connectivity index (χ4n) is 1.29. The van der Waals surface area contributed by atoms with E-state index in [0.29, 0.717) is 19.4 Å². The van der Waals surface area contributed by atoms with Crippen molar-refractivity contribution in [1.29, 1.82) is 0 Å². The predicted molar refractivity (Wildman–Crippen MR) is 104 cm³/mol. The van der Waals surface area contributed by atoms with E-state index in [1.165, 1.54) is 0 Å². The molecule has 0 radical (unpaired) electrons. The number of hydrogen-bond donors (Lipinski definition) is 2. The minimum absolute atomic E-state index is 0.0162. The Labute approximate surface area is 159 Å². The number of rotatable bonds is 11. The summed E-state index contributed by atoms with van der Waals surface area (Å²) < 4.78 is 15.5. The monoisotopic (exact) mass is 382 g/mol. The van der Waals surface area contributed by atoms with Gasteiger partial charge < -0.3 is 19.3 Å². The predicted octanol–water partition coefficient (Wildman–Crippen LogP) is 3.40. The van der Waals surface area contributed by atoms with Crippen molar-refractivity contribution in [3.63, 3.8) is 0 Å². The SMILES string of the molecule is CC.CC(C)OCCOC(=O)COC(C)(C)CCO.CCCC(=O)S. The van der Waals surface area contributed by atoms with E-state index in [-0.39, 0.29) is 31.0 Å². The van der Waals surface area contributed by atoms with Gasteiger partial charge in [0.25, 0.3) is 0 Å². The van der Waals surface area contributed by atoms with Crippen LogP contribution in [0.2, 0.25) is 0 Å². The van der Waals surface area contributed by atoms with Crippen molar-refractivity contribution in [3.05, 3.63) is 0 Å². The summed E-state index contributed by atoms with van der Waals surface area (Å²) in [5, 5.41) is 8.76. The number of carbonyl (C=O) groups is 2. The van der Waals surface area contributed by atoms with Gasteiger partial charge in [-0.2, -0.15) is 0 Å². The molecule has 0 aliphatic rings. The van der Waals surface area contributed by atoms with Crippen LogP contribution in [0.4, 0.5) is 0 Å². The van der Waals surface area contributed by atoms with Crippen LogP contribution in [0.3, 0.4) is 0 Å². The van der Waals surface area contributed by atoms with Crippen molar-refractivity contribution >= 4 is 23.7 Å². The van der Waals surface area contributed by atoms with E-state index in [1.54, 1.807) is 0 Å². The molecular weight excluding hydrogens is 344 g/mol. The molecule has 0 aromatic rings. The third-order valence-electron chi connectivity index (χ3n) is 2.56. The van der Waals surface area contributed by atoms with Crippen LogP contribution >= 0.6 is 12.6 Å². The standard InChI is InChI=1S/C12H24O5.C4H8OS.C2H6/c1-10(2)15-7-8-16-11(14)9-17-12(3,4)5-6-13;1-2-3-4(5)6;1-2/h10,13H,5-9H2,1-4H3;2-3H2,1H3,(H,5,6);1-2H3. The van der Waals surface area contributed by atoms with Gasteiger partial charge in [0.15, 0.2) is 5.12 Å². The molecular formula is C18H38O6S. The molecule has 0 amide bonds. The highest BCUT2D eigenvalue weighted by atomic mass is 32.1. The van der Waals surface area contributed by atoms with Crippen molar-refractivity contribution in [3.8, 4) is 0 Å². The molecule has 0 saturated heterocycles. The lowest BCUT2D eigenvalue weighted by Crippen LogP contribution is -2.29. The van der Waals surface area contributed by atoms with E-state index < -0.39 is 11.6 Å². The van der Waals surface area contributed by atoms with Crippen LogP contribution in [0.5, 0.6) is 0 Å². The number of esters is 1. The lowest BCUT2D eigenvalue weighted by atomic mass is 10.1. The minimum atomic E-state index is -0.512. The zero-order chi connectivity index (χ0) is 20.3. The van der Waals surface area contributed by atoms with Gasteiger partial charge in [-0.05, 0) is 40.5 Å². The first-order valence-corrected chi connectivity index (χ1v) is 9.33. The summed E-state index contributed by atoms with van der Waals surface area (Å²) in [5.41, 5.74) is -0.512. The largest absolute Gasteiger partial charge is 0.462 e. The smallest absolute Gasteiger partial charge is 0.332 e. The van der Waals surface area contributed by atoms with Crippen molar-refractivity contribution in [2.24, 2.45) is 0 Å². The van der Waals surface area contributed by atoms with E-state index in [9.17, 15) is 9.59 Å². The summed E-state index contributed by atoms with van der Waals surface area (Å²) in [5.74, 6) is -0.414. The number of thiol groups is 1. The second-order valence-electron chi connectivity index (χ2n) is 5.81. The maximum Gasteiger partial charge on any atom is 0.332 e. The highest BCUT2D eigenvalue weighted by molar-refractivity contribution is 7.96. The molecule has 0 rings (SSSR count). The molecule has 6 nitrogen and oxygen atoms in total. The summed E-state index contributed by atoms with van der Waals surface area (Å²) in [4.78, 5) is 21.2. The third kappa shape index (κ3) is 28.4. The molecule has 0 atom stereocenters. The quantitative estimate of drug-likeness (QED) is 0.324. The molecule has 0 saturated carbocycles. The lowest BCUT2D eigenvalue weighted by molar-refractivity contribution is -0.157. The Morgan fingerprint density at radius 1 is 1.16 bits per heavy atom. The fourth-order valence-corrected chi connectivity index (χ4v) is 1.51. The van der Waals surface area contributed by atoms with Gasteiger partial charge in [-0.3, -0.25) is 4.79 Å². The molecule has 0 aliphatic carbocycles. The average molecular weight is 383 g/mol. The molecule has 0 fully saturated rings. The summed E-state index contributed by atoms with van der Waals surface area (Å²) in [6.07, 6.45) is 2.12. The van der Waals surface area contributed by atoms with Gasteiger partial charge in [-0.1, -0.05) is 20.8 Å². The van der Waals surface area contributed by atoms with Crippen LogP contribution in [0.25, 0.3) is 0 Å². The van der Waals surface area contributed by atoms with Crippen molar-refractivity contribution in [2.75, 3.05) is 26.4 Å². The van der Waals surface area contributed by atoms with Gasteiger partial charge in [0.2, 0.25) is 0 Å². The van der Waals surface area contributed by atoms with E-state index in [4.69, 9.17) is 19.3 Å². The molecule has 0 aliphatic heterocycles. The first-order valence-electron chi connectivity index (χ1n) is 8.88. The second kappa shape index (κ2) is 19.7. The molecule has 25 heavy (non-hydrogen) atoms. The van der Waals surface area contributed by atoms with Gasteiger partial charge in [-0.25, -0.2) is 4.79 Å². The number of carbonyl (C=O) groups excluding carboxylic acids is 2. The van der Waals surface area contributed by atoms with Crippen molar-refractivity contribution in [1.82, 2.24) is 0 Å². The van der Waals surface area contributed by atoms with Crippen LogP contribution in [0.15, 0.2) is 0 Å². The van der Waals surface area contributed by atoms with Gasteiger partial charge in [0.05, 0.1) is 18.3 Å². The van der Waals surface area contributed by atoms with Gasteiger partial charge >= 0.3 is 5.97 Å². The minimum Gasteiger partial charge on any atom is -0.462 e. The van der Waals surface area contributed by atoms with Gasteiger partial charge in [0, 0.05) is 13.0 Å². The van der Waals surface area contributed by atoms with Gasteiger partial charge in [-0.15, -0.1) is 12.6 Å². The number of aliphatic hydroxyl groups excluding tert-OH is 1. The molecule has 7 heteroatoms. The molecule has 1 N–H and O–H groups in total. The molecule has 152 valence electrons. The lowest BCUT2D eigenvalue weighted by Gasteiger charge is -2.23. The molecule has 0 aromatic carbocycles. The summed E-state index contributed by atoms with van der Waals surface area (Å²) in [6.45, 7) is 14.0. The number of aliphatic hydroxyl groups is 1. The maximum atomic E-state index is 11.3. The van der Waals surface area contributed by atoms with E-state index in [0.717, 1.165) is 6.42 Å². The molecule has 0 heterocycles. The topological polar surface area (TPSA) is 82.1 Å². The van der Waals surface area contributed by atoms with Crippen molar-refractivity contribution in [2.45, 2.75) is 79.4 Å². The summed E-state index contributed by atoms with van der Waals surface area (Å²) in [7, 11) is 0. The molecule has 0 unspecified atom stereocenters. The Bertz CT molecular complexity index is 319. The highest BCUT2D eigenvalue weighted by Crippen LogP contribution is 2.13. The summed E-state index contributed by atoms with van der Waals surface area (Å²) in [6, 6.07) is 0. The molecule has 0 aromatic heterocycles. The Kier molecular flexibility index (Phi) is 23.0. The Balaban J connectivity index is -0.000000507. The fraction of sp³-hybridized carbons (Fsp3) is 0.889. The van der Waals surface area contributed by atoms with Crippen molar-refractivity contribution < 1.29 is 28.9 Å². The second-order valence-corrected chi connectivity index (χ2v) is 6.30. The van der Waals surface area contributed by atoms with E-state index in [1.807, 2.05) is 48.5 Å². The van der Waals surface area contributed by atoms with Crippen LogP contribution in [0.1, 0.15) is 67.7 Å².